The van der Waals surface area contributed by atoms with Gasteiger partial charge in [0.2, 0.25) is 0 Å². The van der Waals surface area contributed by atoms with E-state index in [1.54, 1.807) is 6.08 Å². The molecule has 0 unspecified atom stereocenters. The molecule has 3 aromatic carbocycles. The molecule has 126 valence electrons. The molecule has 0 atom stereocenters. The predicted molar refractivity (Wildman–Crippen MR) is 107 cm³/mol. The standard InChI is InChI=1S/C24H19NO/c26-24(20-11-5-2-6-12-20)16-15-21-18-25(17-19-9-3-1-4-10-19)23-14-8-7-13-22(21)23/h1-16,18H,17H2. The van der Waals surface area contributed by atoms with Crippen molar-refractivity contribution in [3.8, 4) is 0 Å². The van der Waals surface area contributed by atoms with Crippen LogP contribution in [0.25, 0.3) is 17.0 Å². The average Bonchev–Trinajstić information content (AvgIpc) is 3.05. The van der Waals surface area contributed by atoms with Gasteiger partial charge in [0.05, 0.1) is 0 Å². The summed E-state index contributed by atoms with van der Waals surface area (Å²) in [6, 6.07) is 28.1. The van der Waals surface area contributed by atoms with E-state index < -0.39 is 0 Å². The van der Waals surface area contributed by atoms with Crippen LogP contribution in [0.3, 0.4) is 0 Å². The van der Waals surface area contributed by atoms with Crippen molar-refractivity contribution in [2.75, 3.05) is 0 Å². The normalized spacial score (nSPS) is 11.2. The molecule has 0 aliphatic carbocycles. The van der Waals surface area contributed by atoms with Gasteiger partial charge in [0, 0.05) is 34.8 Å². The SMILES string of the molecule is O=C(C=Cc1cn(Cc2ccccc2)c2ccccc12)c1ccccc1. The third kappa shape index (κ3) is 3.35. The summed E-state index contributed by atoms with van der Waals surface area (Å²) < 4.78 is 2.23. The molecule has 0 aliphatic heterocycles. The zero-order valence-corrected chi connectivity index (χ0v) is 14.4. The molecular formula is C24H19NO. The van der Waals surface area contributed by atoms with Crippen LogP contribution < -0.4 is 0 Å². The second kappa shape index (κ2) is 7.24. The van der Waals surface area contributed by atoms with Crippen LogP contribution in [0.15, 0.2) is 97.2 Å². The first-order valence-electron chi connectivity index (χ1n) is 8.70. The van der Waals surface area contributed by atoms with Gasteiger partial charge in [-0.2, -0.15) is 0 Å². The summed E-state index contributed by atoms with van der Waals surface area (Å²) in [4.78, 5) is 12.4. The number of carbonyl (C=O) groups is 1. The molecule has 0 radical (unpaired) electrons. The number of hydrogen-bond donors (Lipinski definition) is 0. The highest BCUT2D eigenvalue weighted by Gasteiger charge is 2.07. The maximum atomic E-state index is 12.4. The van der Waals surface area contributed by atoms with E-state index >= 15 is 0 Å². The molecule has 4 aromatic rings. The number of nitrogens with zero attached hydrogens (tertiary/aromatic N) is 1. The lowest BCUT2D eigenvalue weighted by Crippen LogP contribution is -1.97. The van der Waals surface area contributed by atoms with E-state index in [1.807, 2.05) is 54.6 Å². The minimum Gasteiger partial charge on any atom is -0.342 e. The van der Waals surface area contributed by atoms with Crippen LogP contribution in [0.2, 0.25) is 0 Å². The lowest BCUT2D eigenvalue weighted by Gasteiger charge is -2.05. The quantitative estimate of drug-likeness (QED) is 0.344. The third-order valence-corrected chi connectivity index (χ3v) is 4.49. The van der Waals surface area contributed by atoms with Crippen LogP contribution in [0.1, 0.15) is 21.5 Å². The van der Waals surface area contributed by atoms with Crippen LogP contribution in [0.5, 0.6) is 0 Å². The van der Waals surface area contributed by atoms with E-state index in [0.717, 1.165) is 17.5 Å². The fourth-order valence-corrected chi connectivity index (χ4v) is 3.18. The van der Waals surface area contributed by atoms with Gasteiger partial charge in [0.1, 0.15) is 0 Å². The number of fused-ring (bicyclic) bond motifs is 1. The molecular weight excluding hydrogens is 318 g/mol. The first-order chi connectivity index (χ1) is 12.8. The lowest BCUT2D eigenvalue weighted by atomic mass is 10.1. The van der Waals surface area contributed by atoms with Gasteiger partial charge in [-0.25, -0.2) is 0 Å². The first kappa shape index (κ1) is 16.1. The molecule has 2 heteroatoms. The Balaban J connectivity index is 1.67. The number of hydrogen-bond acceptors (Lipinski definition) is 1. The van der Waals surface area contributed by atoms with E-state index in [0.29, 0.717) is 5.56 Å². The van der Waals surface area contributed by atoms with Gasteiger partial charge in [-0.05, 0) is 23.8 Å². The van der Waals surface area contributed by atoms with Crippen molar-refractivity contribution < 1.29 is 4.79 Å². The minimum atomic E-state index is 0.0190. The van der Waals surface area contributed by atoms with Crippen molar-refractivity contribution in [3.05, 3.63) is 114 Å². The highest BCUT2D eigenvalue weighted by Crippen LogP contribution is 2.23. The van der Waals surface area contributed by atoms with E-state index in [-0.39, 0.29) is 5.78 Å². The number of allylic oxidation sites excluding steroid dienone is 1. The van der Waals surface area contributed by atoms with Crippen LogP contribution >= 0.6 is 0 Å². The second-order valence-electron chi connectivity index (χ2n) is 6.28. The fourth-order valence-electron chi connectivity index (χ4n) is 3.18. The Morgan fingerprint density at radius 2 is 1.46 bits per heavy atom. The van der Waals surface area contributed by atoms with E-state index in [4.69, 9.17) is 0 Å². The predicted octanol–water partition coefficient (Wildman–Crippen LogP) is 5.59. The van der Waals surface area contributed by atoms with Gasteiger partial charge in [0.15, 0.2) is 5.78 Å². The zero-order chi connectivity index (χ0) is 17.8. The molecule has 1 aromatic heterocycles. The Kier molecular flexibility index (Phi) is 4.48. The van der Waals surface area contributed by atoms with Crippen LogP contribution in [0.4, 0.5) is 0 Å². The molecule has 0 amide bonds. The molecule has 4 rings (SSSR count). The van der Waals surface area contributed by atoms with Crippen molar-refractivity contribution in [2.24, 2.45) is 0 Å². The topological polar surface area (TPSA) is 22.0 Å². The summed E-state index contributed by atoms with van der Waals surface area (Å²) in [5.41, 5.74) is 4.19. The van der Waals surface area contributed by atoms with Crippen LogP contribution in [-0.4, -0.2) is 10.4 Å². The van der Waals surface area contributed by atoms with Gasteiger partial charge >= 0.3 is 0 Å². The molecule has 0 aliphatic rings. The molecule has 1 heterocycles. The van der Waals surface area contributed by atoms with Crippen molar-refractivity contribution in [3.63, 3.8) is 0 Å². The summed E-state index contributed by atoms with van der Waals surface area (Å²) in [6.07, 6.45) is 5.69. The fraction of sp³-hybridized carbons (Fsp3) is 0.0417. The second-order valence-corrected chi connectivity index (χ2v) is 6.28. The lowest BCUT2D eigenvalue weighted by molar-refractivity contribution is 0.104. The Morgan fingerprint density at radius 1 is 0.808 bits per heavy atom. The molecule has 26 heavy (non-hydrogen) atoms. The molecule has 0 saturated carbocycles. The number of benzene rings is 3. The monoisotopic (exact) mass is 337 g/mol. The van der Waals surface area contributed by atoms with Crippen LogP contribution in [0, 0.1) is 0 Å². The van der Waals surface area contributed by atoms with Crippen molar-refractivity contribution in [2.45, 2.75) is 6.54 Å². The number of rotatable bonds is 5. The van der Waals surface area contributed by atoms with Gasteiger partial charge in [0.25, 0.3) is 0 Å². The smallest absolute Gasteiger partial charge is 0.185 e. The summed E-state index contributed by atoms with van der Waals surface area (Å²) in [5.74, 6) is 0.0190. The Morgan fingerprint density at radius 3 is 2.23 bits per heavy atom. The van der Waals surface area contributed by atoms with Crippen molar-refractivity contribution in [1.29, 1.82) is 0 Å². The van der Waals surface area contributed by atoms with Crippen molar-refractivity contribution >= 4 is 22.8 Å². The largest absolute Gasteiger partial charge is 0.342 e. The molecule has 0 bridgehead atoms. The number of ketones is 1. The summed E-state index contributed by atoms with van der Waals surface area (Å²) >= 11 is 0. The molecule has 0 spiro atoms. The van der Waals surface area contributed by atoms with Crippen LogP contribution in [-0.2, 0) is 6.54 Å². The van der Waals surface area contributed by atoms with E-state index in [9.17, 15) is 4.79 Å². The molecule has 0 fully saturated rings. The van der Waals surface area contributed by atoms with E-state index in [2.05, 4.69) is 47.2 Å². The molecule has 2 nitrogen and oxygen atoms in total. The minimum absolute atomic E-state index is 0.0190. The highest BCUT2D eigenvalue weighted by atomic mass is 16.1. The van der Waals surface area contributed by atoms with Crippen molar-refractivity contribution in [1.82, 2.24) is 4.57 Å². The number of para-hydroxylation sites is 1. The van der Waals surface area contributed by atoms with Gasteiger partial charge < -0.3 is 4.57 Å². The number of carbonyl (C=O) groups excluding carboxylic acids is 1. The number of aromatic nitrogens is 1. The Labute approximate surface area is 153 Å². The van der Waals surface area contributed by atoms with Gasteiger partial charge in [-0.15, -0.1) is 0 Å². The maximum absolute atomic E-state index is 12.4. The Hall–Kier alpha value is -3.39. The highest BCUT2D eigenvalue weighted by molar-refractivity contribution is 6.07. The summed E-state index contributed by atoms with van der Waals surface area (Å²) in [6.45, 7) is 0.807. The molecule has 0 saturated heterocycles. The van der Waals surface area contributed by atoms with Gasteiger partial charge in [-0.1, -0.05) is 78.9 Å². The average molecular weight is 337 g/mol. The third-order valence-electron chi connectivity index (χ3n) is 4.49. The van der Waals surface area contributed by atoms with E-state index in [1.165, 1.54) is 11.1 Å². The summed E-state index contributed by atoms with van der Waals surface area (Å²) in [5, 5.41) is 1.15. The maximum Gasteiger partial charge on any atom is 0.185 e. The summed E-state index contributed by atoms with van der Waals surface area (Å²) in [7, 11) is 0. The first-order valence-corrected chi connectivity index (χ1v) is 8.70. The van der Waals surface area contributed by atoms with Gasteiger partial charge in [-0.3, -0.25) is 4.79 Å². The molecule has 0 N–H and O–H groups in total. The zero-order valence-electron chi connectivity index (χ0n) is 14.4. The Bertz CT molecular complexity index is 1060.